The van der Waals surface area contributed by atoms with Gasteiger partial charge >= 0.3 is 5.97 Å². The molecule has 2 rings (SSSR count). The minimum Gasteiger partial charge on any atom is -0.464 e. The number of ether oxygens (including phenoxy) is 2. The van der Waals surface area contributed by atoms with E-state index in [1.54, 1.807) is 0 Å². The number of methoxy groups -OCH3 is 1. The first kappa shape index (κ1) is 23.9. The number of carbonyl (C=O) groups excluding carboxylic acids is 2. The highest BCUT2D eigenvalue weighted by Crippen LogP contribution is 2.22. The van der Waals surface area contributed by atoms with E-state index in [2.05, 4.69) is 15.0 Å². The minimum atomic E-state index is -3.83. The highest BCUT2D eigenvalue weighted by molar-refractivity contribution is 7.89. The number of nitrogens with one attached hydrogen (secondary N) is 1. The van der Waals surface area contributed by atoms with Gasteiger partial charge in [-0.3, -0.25) is 4.79 Å². The first-order chi connectivity index (χ1) is 14.3. The van der Waals surface area contributed by atoms with Gasteiger partial charge in [0.1, 0.15) is 5.01 Å². The summed E-state index contributed by atoms with van der Waals surface area (Å²) in [5.41, 5.74) is 0.649. The van der Waals surface area contributed by atoms with Crippen LogP contribution in [0, 0.1) is 0 Å². The van der Waals surface area contributed by atoms with Gasteiger partial charge in [0.05, 0.1) is 18.6 Å². The Kier molecular flexibility index (Phi) is 8.90. The Hall–Kier alpha value is -2.34. The van der Waals surface area contributed by atoms with Crippen molar-refractivity contribution in [3.63, 3.8) is 0 Å². The summed E-state index contributed by atoms with van der Waals surface area (Å²) in [7, 11) is -2.57. The Morgan fingerprint density at radius 3 is 2.53 bits per heavy atom. The van der Waals surface area contributed by atoms with Crippen molar-refractivity contribution < 1.29 is 27.5 Å². The van der Waals surface area contributed by atoms with Crippen LogP contribution in [-0.4, -0.2) is 56.5 Å². The van der Waals surface area contributed by atoms with Crippen molar-refractivity contribution in [3.8, 4) is 0 Å². The summed E-state index contributed by atoms with van der Waals surface area (Å²) in [5.74, 6) is -0.815. The predicted octanol–water partition coefficient (Wildman–Crippen LogP) is 2.51. The smallest absolute Gasteiger partial charge is 0.357 e. The Balaban J connectivity index is 2.24. The summed E-state index contributed by atoms with van der Waals surface area (Å²) in [5, 5.41) is 4.62. The van der Waals surface area contributed by atoms with Crippen molar-refractivity contribution in [1.29, 1.82) is 0 Å². The molecule has 0 aliphatic heterocycles. The SMILES string of the molecule is CCOCCCN(Cc1nc(C(=O)OC)cs1)S(=O)(=O)c1ccc(NC(C)=O)cc1. The number of thiazole rings is 1. The highest BCUT2D eigenvalue weighted by atomic mass is 32.2. The van der Waals surface area contributed by atoms with Crippen molar-refractivity contribution in [2.75, 3.05) is 32.2 Å². The molecule has 0 unspecified atom stereocenters. The molecular formula is C19H25N3O6S2. The fraction of sp³-hybridized carbons (Fsp3) is 0.421. The molecule has 0 fully saturated rings. The summed E-state index contributed by atoms with van der Waals surface area (Å²) < 4.78 is 37.7. The molecule has 11 heteroatoms. The topological polar surface area (TPSA) is 115 Å². The molecule has 0 saturated heterocycles. The monoisotopic (exact) mass is 455 g/mol. The van der Waals surface area contributed by atoms with Crippen LogP contribution in [0.5, 0.6) is 0 Å². The van der Waals surface area contributed by atoms with Crippen LogP contribution in [0.4, 0.5) is 5.69 Å². The fourth-order valence-corrected chi connectivity index (χ4v) is 4.87. The molecule has 1 amide bonds. The van der Waals surface area contributed by atoms with E-state index in [0.717, 1.165) is 0 Å². The molecule has 0 radical (unpaired) electrons. The number of anilines is 1. The summed E-state index contributed by atoms with van der Waals surface area (Å²) in [6.45, 7) is 4.46. The number of hydrogen-bond donors (Lipinski definition) is 1. The molecule has 1 heterocycles. The molecule has 9 nitrogen and oxygen atoms in total. The maximum Gasteiger partial charge on any atom is 0.357 e. The fourth-order valence-electron chi connectivity index (χ4n) is 2.57. The minimum absolute atomic E-state index is 0.0174. The largest absolute Gasteiger partial charge is 0.464 e. The highest BCUT2D eigenvalue weighted by Gasteiger charge is 2.26. The van der Waals surface area contributed by atoms with Crippen LogP contribution in [0.15, 0.2) is 34.5 Å². The van der Waals surface area contributed by atoms with Gasteiger partial charge in [0, 0.05) is 37.7 Å². The van der Waals surface area contributed by atoms with Gasteiger partial charge in [-0.1, -0.05) is 0 Å². The first-order valence-corrected chi connectivity index (χ1v) is 11.6. The summed E-state index contributed by atoms with van der Waals surface area (Å²) in [4.78, 5) is 27.1. The lowest BCUT2D eigenvalue weighted by atomic mass is 10.3. The Morgan fingerprint density at radius 2 is 1.93 bits per heavy atom. The Morgan fingerprint density at radius 1 is 1.23 bits per heavy atom. The number of amides is 1. The molecule has 1 aromatic heterocycles. The third kappa shape index (κ3) is 6.59. The quantitative estimate of drug-likeness (QED) is 0.409. The van der Waals surface area contributed by atoms with Crippen LogP contribution in [0.2, 0.25) is 0 Å². The van der Waals surface area contributed by atoms with Crippen molar-refractivity contribution >= 4 is 38.9 Å². The second-order valence-electron chi connectivity index (χ2n) is 6.21. The molecule has 0 spiro atoms. The zero-order chi connectivity index (χ0) is 22.1. The standard InChI is InChI=1S/C19H25N3O6S2/c1-4-28-11-5-10-22(12-18-21-17(13-29-18)19(24)27-3)30(25,26)16-8-6-15(7-9-16)20-14(2)23/h6-9,13H,4-5,10-12H2,1-3H3,(H,20,23). The van der Waals surface area contributed by atoms with Crippen LogP contribution < -0.4 is 5.32 Å². The summed E-state index contributed by atoms with van der Waals surface area (Å²) in [6, 6.07) is 5.95. The number of aromatic nitrogens is 1. The molecule has 164 valence electrons. The van der Waals surface area contributed by atoms with Gasteiger partial charge in [0.15, 0.2) is 5.69 Å². The average Bonchev–Trinajstić information content (AvgIpc) is 3.18. The molecule has 0 saturated carbocycles. The molecule has 30 heavy (non-hydrogen) atoms. The van der Waals surface area contributed by atoms with Crippen molar-refractivity contribution in [2.45, 2.75) is 31.7 Å². The zero-order valence-corrected chi connectivity index (χ0v) is 18.7. The molecule has 1 aromatic carbocycles. The third-order valence-corrected chi connectivity index (χ3v) is 6.66. The van der Waals surface area contributed by atoms with Gasteiger partial charge in [-0.25, -0.2) is 18.2 Å². The molecule has 0 bridgehead atoms. The van der Waals surface area contributed by atoms with Crippen molar-refractivity contribution in [3.05, 3.63) is 40.3 Å². The lowest BCUT2D eigenvalue weighted by molar-refractivity contribution is -0.114. The zero-order valence-electron chi connectivity index (χ0n) is 17.1. The van der Waals surface area contributed by atoms with Crippen LogP contribution in [0.1, 0.15) is 35.8 Å². The number of sulfonamides is 1. The van der Waals surface area contributed by atoms with Crippen molar-refractivity contribution in [1.82, 2.24) is 9.29 Å². The second kappa shape index (κ2) is 11.2. The predicted molar refractivity (Wildman–Crippen MR) is 113 cm³/mol. The van der Waals surface area contributed by atoms with Crippen LogP contribution in [0.25, 0.3) is 0 Å². The maximum atomic E-state index is 13.2. The normalized spacial score (nSPS) is 11.5. The van der Waals surface area contributed by atoms with Gasteiger partial charge in [0.2, 0.25) is 15.9 Å². The van der Waals surface area contributed by atoms with E-state index in [0.29, 0.717) is 30.3 Å². The number of rotatable bonds is 11. The number of benzene rings is 1. The number of esters is 1. The van der Waals surface area contributed by atoms with E-state index in [4.69, 9.17) is 4.74 Å². The van der Waals surface area contributed by atoms with Crippen LogP contribution in [0.3, 0.4) is 0 Å². The van der Waals surface area contributed by atoms with Crippen molar-refractivity contribution in [2.24, 2.45) is 0 Å². The lowest BCUT2D eigenvalue weighted by Gasteiger charge is -2.21. The van der Waals surface area contributed by atoms with Gasteiger partial charge in [-0.2, -0.15) is 4.31 Å². The van der Waals surface area contributed by atoms with E-state index in [1.807, 2.05) is 6.92 Å². The van der Waals surface area contributed by atoms with E-state index >= 15 is 0 Å². The Bertz CT molecular complexity index is 957. The molecule has 0 atom stereocenters. The van der Waals surface area contributed by atoms with Gasteiger partial charge in [-0.15, -0.1) is 11.3 Å². The Labute approximate surface area is 180 Å². The number of hydrogen-bond acceptors (Lipinski definition) is 8. The van der Waals surface area contributed by atoms with E-state index in [9.17, 15) is 18.0 Å². The molecule has 0 aliphatic carbocycles. The molecule has 0 aliphatic rings. The third-order valence-electron chi connectivity index (χ3n) is 3.97. The number of carbonyl (C=O) groups is 2. The van der Waals surface area contributed by atoms with Crippen LogP contribution in [-0.2, 0) is 30.8 Å². The van der Waals surface area contributed by atoms with Gasteiger partial charge < -0.3 is 14.8 Å². The molecule has 1 N–H and O–H groups in total. The molecule has 2 aromatic rings. The average molecular weight is 456 g/mol. The van der Waals surface area contributed by atoms with Gasteiger partial charge in [-0.05, 0) is 37.6 Å². The summed E-state index contributed by atoms with van der Waals surface area (Å²) in [6.07, 6.45) is 0.506. The van der Waals surface area contributed by atoms with Crippen LogP contribution >= 0.6 is 11.3 Å². The molecular weight excluding hydrogens is 430 g/mol. The van der Waals surface area contributed by atoms with Gasteiger partial charge in [0.25, 0.3) is 0 Å². The van der Waals surface area contributed by atoms with E-state index < -0.39 is 16.0 Å². The first-order valence-electron chi connectivity index (χ1n) is 9.26. The lowest BCUT2D eigenvalue weighted by Crippen LogP contribution is -2.32. The van der Waals surface area contributed by atoms with E-state index in [1.165, 1.54) is 59.3 Å². The second-order valence-corrected chi connectivity index (χ2v) is 9.09. The number of nitrogens with zero attached hydrogens (tertiary/aromatic N) is 2. The summed E-state index contributed by atoms with van der Waals surface area (Å²) >= 11 is 1.19. The van der Waals surface area contributed by atoms with E-state index in [-0.39, 0.29) is 29.6 Å². The maximum absolute atomic E-state index is 13.2.